The average Bonchev–Trinajstić information content (AvgIpc) is 2.07. The van der Waals surface area contributed by atoms with Crippen LogP contribution in [0.25, 0.3) is 0 Å². The van der Waals surface area contributed by atoms with E-state index in [0.717, 1.165) is 19.0 Å². The van der Waals surface area contributed by atoms with E-state index in [1.807, 2.05) is 0 Å². The molecule has 0 aromatic carbocycles. The van der Waals surface area contributed by atoms with Crippen molar-refractivity contribution < 1.29 is 0 Å². The molecule has 0 bridgehead atoms. The summed E-state index contributed by atoms with van der Waals surface area (Å²) in [5, 5.41) is 7.16. The van der Waals surface area contributed by atoms with Crippen LogP contribution in [0.5, 0.6) is 0 Å². The molecule has 0 saturated carbocycles. The van der Waals surface area contributed by atoms with E-state index in [1.54, 1.807) is 0 Å². The van der Waals surface area contributed by atoms with Crippen molar-refractivity contribution >= 4 is 8.52 Å². The van der Waals surface area contributed by atoms with Crippen molar-refractivity contribution in [3.05, 3.63) is 0 Å². The minimum atomic E-state index is 0.716. The first-order valence-electron chi connectivity index (χ1n) is 4.49. The minimum absolute atomic E-state index is 0.716. The molecule has 64 valence electrons. The van der Waals surface area contributed by atoms with Crippen LogP contribution in [0.3, 0.4) is 0 Å². The van der Waals surface area contributed by atoms with Crippen molar-refractivity contribution in [1.29, 1.82) is 5.16 Å². The van der Waals surface area contributed by atoms with E-state index in [4.69, 9.17) is 5.16 Å². The SMILES string of the molecule is CCCC1CCN(P=N)CC1. The first-order chi connectivity index (χ1) is 5.36. The highest BCUT2D eigenvalue weighted by Crippen LogP contribution is 2.24. The summed E-state index contributed by atoms with van der Waals surface area (Å²) < 4.78 is 2.20. The summed E-state index contributed by atoms with van der Waals surface area (Å²) in [6.07, 6.45) is 5.35. The largest absolute Gasteiger partial charge is 0.269 e. The Balaban J connectivity index is 2.18. The highest BCUT2D eigenvalue weighted by molar-refractivity contribution is 7.22. The second-order valence-electron chi connectivity index (χ2n) is 3.29. The molecule has 1 saturated heterocycles. The Labute approximate surface area is 70.7 Å². The molecule has 0 radical (unpaired) electrons. The molecule has 0 atom stereocenters. The highest BCUT2D eigenvalue weighted by atomic mass is 31.1. The molecule has 0 aliphatic carbocycles. The molecule has 1 aliphatic heterocycles. The first kappa shape index (κ1) is 9.15. The Morgan fingerprint density at radius 3 is 2.55 bits per heavy atom. The van der Waals surface area contributed by atoms with E-state index < -0.39 is 0 Å². The number of rotatable bonds is 3. The molecule has 1 N–H and O–H groups in total. The summed E-state index contributed by atoms with van der Waals surface area (Å²) in [4.78, 5) is 0. The van der Waals surface area contributed by atoms with Crippen LogP contribution < -0.4 is 0 Å². The summed E-state index contributed by atoms with van der Waals surface area (Å²) >= 11 is 0. The minimum Gasteiger partial charge on any atom is -0.269 e. The monoisotopic (exact) mass is 172 g/mol. The van der Waals surface area contributed by atoms with E-state index >= 15 is 0 Å². The number of nitrogens with one attached hydrogen (secondary N) is 1. The van der Waals surface area contributed by atoms with Crippen molar-refractivity contribution in [2.45, 2.75) is 32.6 Å². The maximum absolute atomic E-state index is 7.16. The number of piperidine rings is 1. The zero-order valence-corrected chi connectivity index (χ0v) is 8.11. The van der Waals surface area contributed by atoms with Crippen molar-refractivity contribution in [3.8, 4) is 0 Å². The Hall–Kier alpha value is 0.0600. The van der Waals surface area contributed by atoms with Gasteiger partial charge in [0.15, 0.2) is 0 Å². The topological polar surface area (TPSA) is 27.1 Å². The van der Waals surface area contributed by atoms with E-state index in [1.165, 1.54) is 25.7 Å². The number of nitrogens with zero attached hydrogens (tertiary/aromatic N) is 1. The van der Waals surface area contributed by atoms with Gasteiger partial charge in [0, 0.05) is 13.1 Å². The van der Waals surface area contributed by atoms with Crippen molar-refractivity contribution in [3.63, 3.8) is 0 Å². The fourth-order valence-electron chi connectivity index (χ4n) is 1.72. The van der Waals surface area contributed by atoms with Gasteiger partial charge in [-0.3, -0.25) is 5.16 Å². The molecule has 0 aromatic rings. The average molecular weight is 172 g/mol. The van der Waals surface area contributed by atoms with E-state index in [0.29, 0.717) is 8.52 Å². The number of hydrogen-bond acceptors (Lipinski definition) is 1. The van der Waals surface area contributed by atoms with Gasteiger partial charge in [-0.05, 0) is 18.8 Å². The van der Waals surface area contributed by atoms with Crippen molar-refractivity contribution in [1.82, 2.24) is 4.67 Å². The van der Waals surface area contributed by atoms with Gasteiger partial charge in [-0.2, -0.15) is 0 Å². The van der Waals surface area contributed by atoms with Crippen LogP contribution in [-0.2, 0) is 0 Å². The van der Waals surface area contributed by atoms with Gasteiger partial charge in [-0.15, -0.1) is 0 Å². The fourth-order valence-corrected chi connectivity index (χ4v) is 2.15. The van der Waals surface area contributed by atoms with Gasteiger partial charge in [-0.25, -0.2) is 4.67 Å². The summed E-state index contributed by atoms with van der Waals surface area (Å²) in [6, 6.07) is 0. The summed E-state index contributed by atoms with van der Waals surface area (Å²) in [6.45, 7) is 4.56. The van der Waals surface area contributed by atoms with Gasteiger partial charge in [0.1, 0.15) is 0 Å². The van der Waals surface area contributed by atoms with E-state index in [-0.39, 0.29) is 0 Å². The summed E-state index contributed by atoms with van der Waals surface area (Å²) in [5.74, 6) is 0.956. The Morgan fingerprint density at radius 2 is 2.09 bits per heavy atom. The van der Waals surface area contributed by atoms with Gasteiger partial charge in [-0.1, -0.05) is 19.8 Å². The molecule has 0 spiro atoms. The van der Waals surface area contributed by atoms with E-state index in [9.17, 15) is 0 Å². The first-order valence-corrected chi connectivity index (χ1v) is 5.34. The smallest absolute Gasteiger partial charge is 0.0902 e. The lowest BCUT2D eigenvalue weighted by atomic mass is 9.94. The van der Waals surface area contributed by atoms with Crippen molar-refractivity contribution in [2.24, 2.45) is 5.92 Å². The van der Waals surface area contributed by atoms with Crippen LogP contribution in [0, 0.1) is 11.1 Å². The molecule has 11 heavy (non-hydrogen) atoms. The molecule has 3 heteroatoms. The predicted molar refractivity (Wildman–Crippen MR) is 48.8 cm³/mol. The van der Waals surface area contributed by atoms with Crippen LogP contribution >= 0.6 is 8.52 Å². The molecule has 1 aliphatic rings. The van der Waals surface area contributed by atoms with Gasteiger partial charge >= 0.3 is 0 Å². The Kier molecular flexibility index (Phi) is 4.03. The van der Waals surface area contributed by atoms with Gasteiger partial charge in [0.25, 0.3) is 0 Å². The highest BCUT2D eigenvalue weighted by Gasteiger charge is 2.16. The maximum atomic E-state index is 7.16. The third-order valence-corrected chi connectivity index (χ3v) is 3.11. The van der Waals surface area contributed by atoms with Crippen LogP contribution in [0.4, 0.5) is 0 Å². The lowest BCUT2D eigenvalue weighted by Crippen LogP contribution is -2.26. The predicted octanol–water partition coefficient (Wildman–Crippen LogP) is 3.12. The van der Waals surface area contributed by atoms with Crippen LogP contribution in [0.2, 0.25) is 0 Å². The van der Waals surface area contributed by atoms with Crippen LogP contribution in [0.15, 0.2) is 0 Å². The van der Waals surface area contributed by atoms with Crippen LogP contribution in [-0.4, -0.2) is 17.8 Å². The molecule has 0 unspecified atom stereocenters. The second kappa shape index (κ2) is 4.84. The van der Waals surface area contributed by atoms with E-state index in [2.05, 4.69) is 11.6 Å². The normalized spacial score (nSPS) is 22.6. The van der Waals surface area contributed by atoms with Gasteiger partial charge in [0.05, 0.1) is 8.52 Å². The third-order valence-electron chi connectivity index (χ3n) is 2.43. The molecular formula is C8H17N2P. The van der Waals surface area contributed by atoms with Crippen molar-refractivity contribution in [2.75, 3.05) is 13.1 Å². The zero-order valence-electron chi connectivity index (χ0n) is 7.21. The third kappa shape index (κ3) is 2.88. The molecule has 0 amide bonds. The molecular weight excluding hydrogens is 155 g/mol. The molecule has 1 heterocycles. The van der Waals surface area contributed by atoms with Gasteiger partial charge in [0.2, 0.25) is 0 Å². The Morgan fingerprint density at radius 1 is 1.45 bits per heavy atom. The lowest BCUT2D eigenvalue weighted by Gasteiger charge is -2.27. The zero-order chi connectivity index (χ0) is 8.10. The molecule has 1 fully saturated rings. The molecule has 1 rings (SSSR count). The summed E-state index contributed by atoms with van der Waals surface area (Å²) in [5.41, 5.74) is 0. The van der Waals surface area contributed by atoms with Crippen LogP contribution in [0.1, 0.15) is 32.6 Å². The fraction of sp³-hybridized carbons (Fsp3) is 1.00. The molecule has 2 nitrogen and oxygen atoms in total. The second-order valence-corrected chi connectivity index (χ2v) is 4.05. The summed E-state index contributed by atoms with van der Waals surface area (Å²) in [7, 11) is 0.716. The lowest BCUT2D eigenvalue weighted by molar-refractivity contribution is 0.275. The quantitative estimate of drug-likeness (QED) is 0.650. The standard InChI is InChI=1S/C8H17N2P/c1-2-3-8-4-6-10(11-9)7-5-8/h8-9H,2-7H2,1H3. The molecule has 0 aromatic heterocycles. The Bertz CT molecular complexity index is 119. The van der Waals surface area contributed by atoms with Gasteiger partial charge < -0.3 is 0 Å². The maximum Gasteiger partial charge on any atom is 0.0902 e. The number of hydrogen-bond donors (Lipinski definition) is 1.